The number of hydrogen-bond donors (Lipinski definition) is 2. The first kappa shape index (κ1) is 23.4. The number of ether oxygens (including phenoxy) is 1. The van der Waals surface area contributed by atoms with E-state index < -0.39 is 0 Å². The highest BCUT2D eigenvalue weighted by atomic mass is 127. The van der Waals surface area contributed by atoms with E-state index in [-0.39, 0.29) is 24.0 Å². The number of aromatic nitrogens is 2. The van der Waals surface area contributed by atoms with Gasteiger partial charge in [-0.2, -0.15) is 5.10 Å². The first-order valence-corrected chi connectivity index (χ1v) is 9.30. The van der Waals surface area contributed by atoms with Crippen molar-refractivity contribution in [1.29, 1.82) is 0 Å². The number of benzene rings is 1. The Balaban J connectivity index is 0.00000364. The van der Waals surface area contributed by atoms with Gasteiger partial charge in [0.05, 0.1) is 5.69 Å². The first-order chi connectivity index (χ1) is 12.7. The second-order valence-electron chi connectivity index (χ2n) is 6.62. The van der Waals surface area contributed by atoms with Gasteiger partial charge in [-0.05, 0) is 42.5 Å². The summed E-state index contributed by atoms with van der Waals surface area (Å²) in [6.45, 7) is 7.63. The third kappa shape index (κ3) is 9.23. The van der Waals surface area contributed by atoms with Crippen molar-refractivity contribution in [3.8, 4) is 5.69 Å². The predicted molar refractivity (Wildman–Crippen MR) is 122 cm³/mol. The zero-order chi connectivity index (χ0) is 18.6. The van der Waals surface area contributed by atoms with Gasteiger partial charge in [-0.15, -0.1) is 24.0 Å². The van der Waals surface area contributed by atoms with Crippen LogP contribution in [0.4, 0.5) is 0 Å². The number of nitrogens with one attached hydrogen (secondary N) is 2. The molecule has 27 heavy (non-hydrogen) atoms. The molecule has 0 amide bonds. The molecule has 0 aliphatic carbocycles. The van der Waals surface area contributed by atoms with Gasteiger partial charge in [0.2, 0.25) is 0 Å². The molecular formula is C20H32IN5O. The van der Waals surface area contributed by atoms with Crippen LogP contribution in [0.5, 0.6) is 0 Å². The SMILES string of the molecule is CN=C(NCCCOCC(C)C)NCCc1ccc(-n2cccn2)cc1.I. The van der Waals surface area contributed by atoms with Gasteiger partial charge < -0.3 is 15.4 Å². The number of halogens is 1. The normalized spacial score (nSPS) is 11.3. The van der Waals surface area contributed by atoms with E-state index in [0.29, 0.717) is 5.92 Å². The standard InChI is InChI=1S/C20H31N5O.HI/c1-17(2)16-26-15-5-11-22-20(21-3)23-13-10-18-6-8-19(9-7-18)25-14-4-12-24-25;/h4,6-9,12,14,17H,5,10-11,13,15-16H2,1-3H3,(H2,21,22,23);1H. The van der Waals surface area contributed by atoms with Gasteiger partial charge in [0.15, 0.2) is 5.96 Å². The van der Waals surface area contributed by atoms with Crippen molar-refractivity contribution in [3.63, 3.8) is 0 Å². The van der Waals surface area contributed by atoms with Crippen molar-refractivity contribution in [2.75, 3.05) is 33.4 Å². The summed E-state index contributed by atoms with van der Waals surface area (Å²) >= 11 is 0. The Hall–Kier alpha value is -1.61. The molecule has 150 valence electrons. The highest BCUT2D eigenvalue weighted by Crippen LogP contribution is 2.08. The average Bonchev–Trinajstić information content (AvgIpc) is 3.18. The van der Waals surface area contributed by atoms with Crippen LogP contribution in [0.15, 0.2) is 47.7 Å². The molecule has 0 aliphatic rings. The summed E-state index contributed by atoms with van der Waals surface area (Å²) in [5.74, 6) is 1.42. The molecule has 0 radical (unpaired) electrons. The topological polar surface area (TPSA) is 63.5 Å². The molecule has 0 atom stereocenters. The summed E-state index contributed by atoms with van der Waals surface area (Å²) in [5.41, 5.74) is 2.36. The van der Waals surface area contributed by atoms with Gasteiger partial charge in [0.1, 0.15) is 0 Å². The molecule has 0 fully saturated rings. The maximum Gasteiger partial charge on any atom is 0.190 e. The fourth-order valence-corrected chi connectivity index (χ4v) is 2.48. The van der Waals surface area contributed by atoms with Crippen LogP contribution < -0.4 is 10.6 Å². The summed E-state index contributed by atoms with van der Waals surface area (Å²) in [7, 11) is 1.80. The molecule has 0 saturated carbocycles. The van der Waals surface area contributed by atoms with E-state index in [9.17, 15) is 0 Å². The Morgan fingerprint density at radius 1 is 1.19 bits per heavy atom. The summed E-state index contributed by atoms with van der Waals surface area (Å²) in [6, 6.07) is 10.4. The predicted octanol–water partition coefficient (Wildman–Crippen LogP) is 3.26. The molecule has 0 aliphatic heterocycles. The summed E-state index contributed by atoms with van der Waals surface area (Å²) in [5, 5.41) is 10.9. The van der Waals surface area contributed by atoms with Crippen molar-refractivity contribution in [1.82, 2.24) is 20.4 Å². The number of guanidine groups is 1. The monoisotopic (exact) mass is 485 g/mol. The van der Waals surface area contributed by atoms with Crippen LogP contribution in [0.25, 0.3) is 5.69 Å². The lowest BCUT2D eigenvalue weighted by atomic mass is 10.1. The molecule has 1 heterocycles. The second-order valence-corrected chi connectivity index (χ2v) is 6.62. The van der Waals surface area contributed by atoms with Crippen molar-refractivity contribution in [2.45, 2.75) is 26.7 Å². The van der Waals surface area contributed by atoms with Crippen LogP contribution in [0.1, 0.15) is 25.8 Å². The molecule has 2 aromatic rings. The number of aliphatic imine (C=N–C) groups is 1. The average molecular weight is 485 g/mol. The smallest absolute Gasteiger partial charge is 0.190 e. The molecule has 6 nitrogen and oxygen atoms in total. The third-order valence-corrected chi connectivity index (χ3v) is 3.84. The molecule has 0 spiro atoms. The molecule has 0 unspecified atom stereocenters. The third-order valence-electron chi connectivity index (χ3n) is 3.84. The molecule has 2 rings (SSSR count). The van der Waals surface area contributed by atoms with Crippen LogP contribution in [0, 0.1) is 5.92 Å². The Labute approximate surface area is 179 Å². The highest BCUT2D eigenvalue weighted by molar-refractivity contribution is 14.0. The summed E-state index contributed by atoms with van der Waals surface area (Å²) < 4.78 is 7.44. The maximum atomic E-state index is 5.58. The van der Waals surface area contributed by atoms with Gasteiger partial charge >= 0.3 is 0 Å². The second kappa shape index (κ2) is 13.5. The van der Waals surface area contributed by atoms with Crippen molar-refractivity contribution >= 4 is 29.9 Å². The largest absolute Gasteiger partial charge is 0.381 e. The van der Waals surface area contributed by atoms with Gasteiger partial charge in [-0.3, -0.25) is 4.99 Å². The number of nitrogens with zero attached hydrogens (tertiary/aromatic N) is 3. The van der Waals surface area contributed by atoms with E-state index in [1.54, 1.807) is 13.2 Å². The quantitative estimate of drug-likeness (QED) is 0.235. The molecular weight excluding hydrogens is 453 g/mol. The fourth-order valence-electron chi connectivity index (χ4n) is 2.48. The minimum absolute atomic E-state index is 0. The van der Waals surface area contributed by atoms with Crippen molar-refractivity contribution in [2.24, 2.45) is 10.9 Å². The zero-order valence-electron chi connectivity index (χ0n) is 16.5. The molecule has 2 N–H and O–H groups in total. The number of rotatable bonds is 10. The molecule has 7 heteroatoms. The minimum Gasteiger partial charge on any atom is -0.381 e. The van der Waals surface area contributed by atoms with E-state index in [1.165, 1.54) is 5.56 Å². The maximum absolute atomic E-state index is 5.58. The van der Waals surface area contributed by atoms with E-state index in [1.807, 2.05) is 16.9 Å². The lowest BCUT2D eigenvalue weighted by Gasteiger charge is -2.12. The van der Waals surface area contributed by atoms with Crippen LogP contribution in [-0.2, 0) is 11.2 Å². The van der Waals surface area contributed by atoms with Gasteiger partial charge in [0, 0.05) is 45.7 Å². The lowest BCUT2D eigenvalue weighted by molar-refractivity contribution is 0.108. The minimum atomic E-state index is 0. The van der Waals surface area contributed by atoms with E-state index in [4.69, 9.17) is 4.74 Å². The van der Waals surface area contributed by atoms with Gasteiger partial charge in [-0.25, -0.2) is 4.68 Å². The van der Waals surface area contributed by atoms with Crippen LogP contribution >= 0.6 is 24.0 Å². The summed E-state index contributed by atoms with van der Waals surface area (Å²) in [6.07, 6.45) is 5.65. The molecule has 1 aromatic heterocycles. The van der Waals surface area contributed by atoms with Crippen molar-refractivity contribution in [3.05, 3.63) is 48.3 Å². The van der Waals surface area contributed by atoms with Crippen LogP contribution in [0.3, 0.4) is 0 Å². The lowest BCUT2D eigenvalue weighted by Crippen LogP contribution is -2.39. The first-order valence-electron chi connectivity index (χ1n) is 9.30. The molecule has 0 bridgehead atoms. The van der Waals surface area contributed by atoms with E-state index in [0.717, 1.165) is 50.8 Å². The molecule has 0 saturated heterocycles. The fraction of sp³-hybridized carbons (Fsp3) is 0.500. The Morgan fingerprint density at radius 2 is 1.93 bits per heavy atom. The number of hydrogen-bond acceptors (Lipinski definition) is 3. The Morgan fingerprint density at radius 3 is 2.56 bits per heavy atom. The highest BCUT2D eigenvalue weighted by Gasteiger charge is 2.00. The summed E-state index contributed by atoms with van der Waals surface area (Å²) in [4.78, 5) is 4.26. The van der Waals surface area contributed by atoms with Gasteiger partial charge in [-0.1, -0.05) is 26.0 Å². The Kier molecular flexibility index (Phi) is 11.8. The zero-order valence-corrected chi connectivity index (χ0v) is 18.8. The Bertz CT molecular complexity index is 641. The molecule has 1 aromatic carbocycles. The van der Waals surface area contributed by atoms with Crippen LogP contribution in [0.2, 0.25) is 0 Å². The van der Waals surface area contributed by atoms with Crippen molar-refractivity contribution < 1.29 is 4.74 Å². The van der Waals surface area contributed by atoms with E-state index in [2.05, 4.69) is 58.8 Å². The van der Waals surface area contributed by atoms with Gasteiger partial charge in [0.25, 0.3) is 0 Å². The van der Waals surface area contributed by atoms with E-state index >= 15 is 0 Å². The van der Waals surface area contributed by atoms with Crippen LogP contribution in [-0.4, -0.2) is 49.1 Å².